The highest BCUT2D eigenvalue weighted by Gasteiger charge is 2.07. The Balaban J connectivity index is 2.60. The maximum atomic E-state index is 10.7. The van der Waals surface area contributed by atoms with Crippen LogP contribution in [0.15, 0.2) is 6.33 Å². The number of unbranched alkanes of at least 4 members (excludes halogenated alkanes) is 2. The van der Waals surface area contributed by atoms with Crippen molar-refractivity contribution < 1.29 is 4.79 Å². The van der Waals surface area contributed by atoms with Crippen molar-refractivity contribution in [1.29, 1.82) is 0 Å². The fraction of sp³-hybridized carbons (Fsp3) is 0.500. The van der Waals surface area contributed by atoms with E-state index in [2.05, 4.69) is 22.2 Å². The van der Waals surface area contributed by atoms with Gasteiger partial charge < -0.3 is 5.32 Å². The van der Waals surface area contributed by atoms with E-state index < -0.39 is 0 Å². The zero-order chi connectivity index (χ0) is 11.1. The third-order valence-corrected chi connectivity index (χ3v) is 2.33. The van der Waals surface area contributed by atoms with Gasteiger partial charge in [0, 0.05) is 6.54 Å². The molecule has 0 aliphatic carbocycles. The summed E-state index contributed by atoms with van der Waals surface area (Å²) in [5, 5.41) is 3.27. The summed E-state index contributed by atoms with van der Waals surface area (Å²) in [5.74, 6) is 0.515. The van der Waals surface area contributed by atoms with E-state index in [-0.39, 0.29) is 5.15 Å². The van der Waals surface area contributed by atoms with E-state index in [0.717, 1.165) is 25.8 Å². The molecule has 4 nitrogen and oxygen atoms in total. The molecule has 0 bridgehead atoms. The Morgan fingerprint density at radius 3 is 2.93 bits per heavy atom. The van der Waals surface area contributed by atoms with Crippen LogP contribution >= 0.6 is 11.6 Å². The second-order valence-electron chi connectivity index (χ2n) is 3.18. The van der Waals surface area contributed by atoms with Crippen LogP contribution < -0.4 is 5.32 Å². The van der Waals surface area contributed by atoms with E-state index >= 15 is 0 Å². The van der Waals surface area contributed by atoms with Gasteiger partial charge >= 0.3 is 0 Å². The highest BCUT2D eigenvalue weighted by molar-refractivity contribution is 6.32. The molecule has 0 aliphatic heterocycles. The summed E-state index contributed by atoms with van der Waals surface area (Å²) in [4.78, 5) is 18.4. The summed E-state index contributed by atoms with van der Waals surface area (Å²) in [5.41, 5.74) is 0.329. The van der Waals surface area contributed by atoms with Gasteiger partial charge in [0.05, 0.1) is 5.56 Å². The first-order valence-electron chi connectivity index (χ1n) is 4.99. The molecule has 0 unspecified atom stereocenters. The number of hydrogen-bond acceptors (Lipinski definition) is 4. The summed E-state index contributed by atoms with van der Waals surface area (Å²) >= 11 is 5.75. The first-order valence-corrected chi connectivity index (χ1v) is 5.37. The zero-order valence-corrected chi connectivity index (χ0v) is 9.42. The van der Waals surface area contributed by atoms with Gasteiger partial charge in [-0.05, 0) is 6.42 Å². The molecule has 0 aliphatic rings. The lowest BCUT2D eigenvalue weighted by Gasteiger charge is -2.07. The predicted molar refractivity (Wildman–Crippen MR) is 60.4 cm³/mol. The molecule has 0 atom stereocenters. The number of hydrogen-bond donors (Lipinski definition) is 1. The van der Waals surface area contributed by atoms with Crippen molar-refractivity contribution in [2.75, 3.05) is 11.9 Å². The van der Waals surface area contributed by atoms with Crippen molar-refractivity contribution in [3.05, 3.63) is 17.0 Å². The van der Waals surface area contributed by atoms with E-state index in [0.29, 0.717) is 17.7 Å². The van der Waals surface area contributed by atoms with E-state index in [1.807, 2.05) is 0 Å². The van der Waals surface area contributed by atoms with Crippen molar-refractivity contribution in [2.24, 2.45) is 0 Å². The van der Waals surface area contributed by atoms with Crippen molar-refractivity contribution in [3.8, 4) is 0 Å². The van der Waals surface area contributed by atoms with Crippen LogP contribution in [0.2, 0.25) is 5.15 Å². The number of rotatable bonds is 6. The molecule has 82 valence electrons. The Bertz CT molecular complexity index is 330. The summed E-state index contributed by atoms with van der Waals surface area (Å²) in [6.45, 7) is 2.93. The largest absolute Gasteiger partial charge is 0.369 e. The van der Waals surface area contributed by atoms with Gasteiger partial charge in [0.2, 0.25) is 0 Å². The molecule has 0 fully saturated rings. The summed E-state index contributed by atoms with van der Waals surface area (Å²) < 4.78 is 0. The second kappa shape index (κ2) is 6.35. The van der Waals surface area contributed by atoms with Crippen molar-refractivity contribution in [1.82, 2.24) is 9.97 Å². The molecule has 0 saturated heterocycles. The molecular formula is C10H14ClN3O. The van der Waals surface area contributed by atoms with E-state index in [4.69, 9.17) is 11.6 Å². The van der Waals surface area contributed by atoms with Crippen molar-refractivity contribution in [2.45, 2.75) is 26.2 Å². The number of carbonyl (C=O) groups excluding carboxylic acids is 1. The van der Waals surface area contributed by atoms with Gasteiger partial charge in [0.1, 0.15) is 17.3 Å². The van der Waals surface area contributed by atoms with Gasteiger partial charge in [-0.1, -0.05) is 31.4 Å². The number of anilines is 1. The number of carbonyl (C=O) groups is 1. The van der Waals surface area contributed by atoms with E-state index in [1.54, 1.807) is 0 Å². The molecule has 0 radical (unpaired) electrons. The average Bonchev–Trinajstić information content (AvgIpc) is 2.24. The molecule has 0 aromatic carbocycles. The lowest BCUT2D eigenvalue weighted by molar-refractivity contribution is 0.112. The second-order valence-corrected chi connectivity index (χ2v) is 3.54. The maximum Gasteiger partial charge on any atom is 0.156 e. The molecule has 0 amide bonds. The average molecular weight is 228 g/mol. The summed E-state index contributed by atoms with van der Waals surface area (Å²) in [7, 11) is 0. The third kappa shape index (κ3) is 3.47. The minimum Gasteiger partial charge on any atom is -0.369 e. The smallest absolute Gasteiger partial charge is 0.156 e. The van der Waals surface area contributed by atoms with Crippen LogP contribution in [0.5, 0.6) is 0 Å². The Labute approximate surface area is 94.1 Å². The molecule has 1 aromatic rings. The number of aromatic nitrogens is 2. The normalized spacial score (nSPS) is 10.0. The van der Waals surface area contributed by atoms with E-state index in [9.17, 15) is 4.79 Å². The Kier molecular flexibility index (Phi) is 5.04. The van der Waals surface area contributed by atoms with Crippen LogP contribution in [-0.4, -0.2) is 22.8 Å². The first kappa shape index (κ1) is 11.9. The molecule has 0 saturated carbocycles. The SMILES string of the molecule is CCCCCNc1ncnc(Cl)c1C=O. The third-order valence-electron chi connectivity index (χ3n) is 2.03. The van der Waals surface area contributed by atoms with Gasteiger partial charge in [-0.15, -0.1) is 0 Å². The zero-order valence-electron chi connectivity index (χ0n) is 8.66. The first-order chi connectivity index (χ1) is 7.29. The van der Waals surface area contributed by atoms with E-state index in [1.165, 1.54) is 6.33 Å². The minimum absolute atomic E-state index is 0.193. The highest BCUT2D eigenvalue weighted by Crippen LogP contribution is 2.17. The van der Waals surface area contributed by atoms with Crippen LogP contribution in [-0.2, 0) is 0 Å². The molecule has 1 N–H and O–H groups in total. The fourth-order valence-electron chi connectivity index (χ4n) is 1.20. The number of halogens is 1. The van der Waals surface area contributed by atoms with Gasteiger partial charge in [0.25, 0.3) is 0 Å². The fourth-order valence-corrected chi connectivity index (χ4v) is 1.38. The molecule has 1 heterocycles. The van der Waals surface area contributed by atoms with Gasteiger partial charge in [-0.2, -0.15) is 0 Å². The number of nitrogens with zero attached hydrogens (tertiary/aromatic N) is 2. The topological polar surface area (TPSA) is 54.9 Å². The van der Waals surface area contributed by atoms with Crippen molar-refractivity contribution in [3.63, 3.8) is 0 Å². The van der Waals surface area contributed by atoms with Gasteiger partial charge in [-0.25, -0.2) is 9.97 Å². The van der Waals surface area contributed by atoms with Crippen LogP contribution in [0.1, 0.15) is 36.5 Å². The number of nitrogens with one attached hydrogen (secondary N) is 1. The lowest BCUT2D eigenvalue weighted by Crippen LogP contribution is -2.07. The molecule has 1 aromatic heterocycles. The lowest BCUT2D eigenvalue weighted by atomic mass is 10.2. The van der Waals surface area contributed by atoms with Crippen LogP contribution in [0, 0.1) is 0 Å². The Hall–Kier alpha value is -1.16. The number of aldehydes is 1. The van der Waals surface area contributed by atoms with Crippen LogP contribution in [0.3, 0.4) is 0 Å². The van der Waals surface area contributed by atoms with Gasteiger partial charge in [-0.3, -0.25) is 4.79 Å². The summed E-state index contributed by atoms with van der Waals surface area (Å²) in [6, 6.07) is 0. The molecule has 15 heavy (non-hydrogen) atoms. The minimum atomic E-state index is 0.193. The van der Waals surface area contributed by atoms with Gasteiger partial charge in [0.15, 0.2) is 6.29 Å². The standard InChI is InChI=1S/C10H14ClN3O/c1-2-3-4-5-12-10-8(6-15)9(11)13-7-14-10/h6-7H,2-5H2,1H3,(H,12,13,14). The molecule has 0 spiro atoms. The van der Waals surface area contributed by atoms with Crippen molar-refractivity contribution >= 4 is 23.7 Å². The quantitative estimate of drug-likeness (QED) is 0.461. The molecule has 5 heteroatoms. The van der Waals surface area contributed by atoms with Crippen LogP contribution in [0.25, 0.3) is 0 Å². The Morgan fingerprint density at radius 2 is 2.27 bits per heavy atom. The monoisotopic (exact) mass is 227 g/mol. The Morgan fingerprint density at radius 1 is 1.47 bits per heavy atom. The van der Waals surface area contributed by atoms with Crippen LogP contribution in [0.4, 0.5) is 5.82 Å². The maximum absolute atomic E-state index is 10.7. The summed E-state index contributed by atoms with van der Waals surface area (Å²) in [6.07, 6.45) is 5.38. The highest BCUT2D eigenvalue weighted by atomic mass is 35.5. The molecule has 1 rings (SSSR count). The predicted octanol–water partition coefficient (Wildman–Crippen LogP) is 2.54. The molecular weight excluding hydrogens is 214 g/mol.